The Hall–Kier alpha value is -6.19. The van der Waals surface area contributed by atoms with Crippen LogP contribution in [0.4, 0.5) is 4.79 Å². The smallest absolute Gasteiger partial charge is 0.408 e. The molecular formula is C51H79N9O16S. The maximum absolute atomic E-state index is 13.4. The Morgan fingerprint density at radius 1 is 0.727 bits per heavy atom. The van der Waals surface area contributed by atoms with Gasteiger partial charge in [0.05, 0.1) is 52.0 Å². The first-order valence-corrected chi connectivity index (χ1v) is 27.2. The number of hydrogen-bond donors (Lipinski definition) is 7. The summed E-state index contributed by atoms with van der Waals surface area (Å²) in [4.78, 5) is 127. The molecule has 0 aromatic heterocycles. The molecule has 2 aliphatic heterocycles. The van der Waals surface area contributed by atoms with Gasteiger partial charge in [-0.2, -0.15) is 0 Å². The number of alkyl carbamates (subject to hydrolysis) is 1. The third-order valence-corrected chi connectivity index (χ3v) is 13.2. The minimum atomic E-state index is -1.03. The van der Waals surface area contributed by atoms with Crippen molar-refractivity contribution in [3.8, 4) is 11.5 Å². The van der Waals surface area contributed by atoms with Gasteiger partial charge in [0.25, 0.3) is 11.8 Å². The molecule has 0 radical (unpaired) electrons. The Kier molecular flexibility index (Phi) is 31.8. The zero-order valence-corrected chi connectivity index (χ0v) is 45.6. The van der Waals surface area contributed by atoms with Crippen LogP contribution in [0.15, 0.2) is 30.4 Å². The molecular weight excluding hydrogens is 1030 g/mol. The molecule has 8 N–H and O–H groups in total. The van der Waals surface area contributed by atoms with Crippen molar-refractivity contribution in [2.75, 3.05) is 105 Å². The van der Waals surface area contributed by atoms with E-state index in [1.807, 2.05) is 13.8 Å². The van der Waals surface area contributed by atoms with Crippen molar-refractivity contribution in [3.63, 3.8) is 0 Å². The lowest BCUT2D eigenvalue weighted by Gasteiger charge is -2.24. The van der Waals surface area contributed by atoms with E-state index in [2.05, 4.69) is 31.9 Å². The van der Waals surface area contributed by atoms with E-state index in [0.717, 1.165) is 34.4 Å². The molecule has 1 fully saturated rings. The second-order valence-corrected chi connectivity index (χ2v) is 19.2. The first-order chi connectivity index (χ1) is 37.1. The van der Waals surface area contributed by atoms with E-state index in [1.165, 1.54) is 31.4 Å². The molecule has 1 aromatic carbocycles. The number of benzene rings is 1. The highest BCUT2D eigenvalue weighted by Gasteiger charge is 2.39. The van der Waals surface area contributed by atoms with E-state index in [4.69, 9.17) is 34.2 Å². The summed E-state index contributed by atoms with van der Waals surface area (Å²) in [6, 6.07) is 3.62. The number of likely N-dealkylation sites (tertiary alicyclic amines) is 1. The average molecular weight is 1110 g/mol. The number of nitrogens with zero attached hydrogens (tertiary/aromatic N) is 2. The van der Waals surface area contributed by atoms with E-state index < -0.39 is 59.0 Å². The molecule has 0 aliphatic carbocycles. The van der Waals surface area contributed by atoms with E-state index in [9.17, 15) is 47.9 Å². The van der Waals surface area contributed by atoms with E-state index in [-0.39, 0.29) is 99.3 Å². The second-order valence-electron chi connectivity index (χ2n) is 17.9. The number of ether oxygens (including phenoxy) is 6. The van der Waals surface area contributed by atoms with Crippen LogP contribution in [0, 0.1) is 5.92 Å². The lowest BCUT2D eigenvalue weighted by atomic mass is 9.99. The Labute approximate surface area is 454 Å². The van der Waals surface area contributed by atoms with Gasteiger partial charge in [0.2, 0.25) is 35.4 Å². The van der Waals surface area contributed by atoms with Crippen LogP contribution in [0.2, 0.25) is 0 Å². The molecule has 9 amide bonds. The lowest BCUT2D eigenvalue weighted by Crippen LogP contribution is -2.47. The number of amides is 9. The molecule has 77 heavy (non-hydrogen) atoms. The molecule has 2 aliphatic rings. The zero-order valence-electron chi connectivity index (χ0n) is 44.8. The standard InChI is InChI=1S/C51H79N9O16S/c1-5-35(2)48(58-44(64)11-7-6-8-19-52)50(69)75-37-13-12-36(31-38(37)71-4)39(76-51(70)57-34-53-3)33-56-43(63)18-30-77-40-32-47(67)60(49(40)68)23-17-42(62)55-21-10-25-73-27-29-74-28-26-72-24-9-20-54-41(61)16-22-59-45(65)14-15-46(59)66/h12-15,31,35,39-40,48,53H,5-11,16-30,32-34,52H2,1-4H3,(H,54,61)(H,55,62)(H,56,63)(H,57,70)(H,58,64)/t35-,39?,40?,48-/m0/s1. The number of rotatable bonds is 41. The Balaban J connectivity index is 1.31. The van der Waals surface area contributed by atoms with Crippen molar-refractivity contribution in [1.29, 1.82) is 0 Å². The van der Waals surface area contributed by atoms with Gasteiger partial charge < -0.3 is 66.1 Å². The van der Waals surface area contributed by atoms with Crippen molar-refractivity contribution < 1.29 is 76.4 Å². The van der Waals surface area contributed by atoms with E-state index >= 15 is 0 Å². The Bertz CT molecular complexity index is 2120. The fourth-order valence-corrected chi connectivity index (χ4v) is 8.55. The lowest BCUT2D eigenvalue weighted by molar-refractivity contribution is -0.141. The van der Waals surface area contributed by atoms with Crippen LogP contribution in [-0.2, 0) is 62.1 Å². The van der Waals surface area contributed by atoms with Crippen LogP contribution in [-0.4, -0.2) is 186 Å². The van der Waals surface area contributed by atoms with Gasteiger partial charge in [-0.15, -0.1) is 11.8 Å². The first kappa shape index (κ1) is 65.1. The Morgan fingerprint density at radius 3 is 1.94 bits per heavy atom. The van der Waals surface area contributed by atoms with Gasteiger partial charge in [-0.3, -0.25) is 48.2 Å². The number of nitrogens with one attached hydrogen (secondary N) is 6. The molecule has 4 atom stereocenters. The number of nitrogens with two attached hydrogens (primary N) is 1. The number of carbonyl (C=O) groups excluding carboxylic acids is 10. The molecule has 1 saturated heterocycles. The zero-order chi connectivity index (χ0) is 56.4. The molecule has 0 bridgehead atoms. The van der Waals surface area contributed by atoms with E-state index in [0.29, 0.717) is 90.5 Å². The van der Waals surface area contributed by atoms with Gasteiger partial charge >= 0.3 is 12.1 Å². The third kappa shape index (κ3) is 25.2. The van der Waals surface area contributed by atoms with Crippen molar-refractivity contribution in [3.05, 3.63) is 35.9 Å². The molecule has 0 saturated carbocycles. The van der Waals surface area contributed by atoms with Crippen molar-refractivity contribution in [2.24, 2.45) is 11.7 Å². The molecule has 26 heteroatoms. The maximum atomic E-state index is 13.4. The summed E-state index contributed by atoms with van der Waals surface area (Å²) >= 11 is 1.16. The van der Waals surface area contributed by atoms with E-state index in [1.54, 1.807) is 13.1 Å². The van der Waals surface area contributed by atoms with Crippen molar-refractivity contribution in [2.45, 2.75) is 102 Å². The van der Waals surface area contributed by atoms with Crippen LogP contribution >= 0.6 is 11.8 Å². The van der Waals surface area contributed by atoms with Gasteiger partial charge in [0, 0.05) is 89.4 Å². The summed E-state index contributed by atoms with van der Waals surface area (Å²) in [5.74, 6) is -3.47. The van der Waals surface area contributed by atoms with Crippen LogP contribution in [0.1, 0.15) is 96.1 Å². The summed E-state index contributed by atoms with van der Waals surface area (Å²) in [7, 11) is 3.00. The minimum Gasteiger partial charge on any atom is -0.493 e. The molecule has 25 nitrogen and oxygen atoms in total. The normalized spacial score (nSPS) is 15.3. The fourth-order valence-electron chi connectivity index (χ4n) is 7.43. The highest BCUT2D eigenvalue weighted by atomic mass is 32.2. The van der Waals surface area contributed by atoms with Crippen LogP contribution in [0.3, 0.4) is 0 Å². The van der Waals surface area contributed by atoms with Gasteiger partial charge in [-0.1, -0.05) is 32.8 Å². The third-order valence-electron chi connectivity index (χ3n) is 12.0. The molecule has 1 aromatic rings. The van der Waals surface area contributed by atoms with Crippen LogP contribution in [0.5, 0.6) is 11.5 Å². The number of methoxy groups -OCH3 is 1. The van der Waals surface area contributed by atoms with Gasteiger partial charge in [-0.05, 0) is 62.9 Å². The molecule has 2 unspecified atom stereocenters. The van der Waals surface area contributed by atoms with Crippen molar-refractivity contribution in [1.82, 2.24) is 41.7 Å². The summed E-state index contributed by atoms with van der Waals surface area (Å²) in [5, 5.41) is 15.6. The average Bonchev–Trinajstić information content (AvgIpc) is 3.89. The quantitative estimate of drug-likeness (QED) is 0.0156. The monoisotopic (exact) mass is 1110 g/mol. The largest absolute Gasteiger partial charge is 0.493 e. The number of unbranched alkanes of at least 4 members (excludes halogenated alkanes) is 2. The number of imide groups is 2. The predicted octanol–water partition coefficient (Wildman–Crippen LogP) is 0.729. The minimum absolute atomic E-state index is 0.0293. The molecule has 2 heterocycles. The number of thioether (sulfide) groups is 1. The first-order valence-electron chi connectivity index (χ1n) is 26.1. The van der Waals surface area contributed by atoms with Crippen LogP contribution in [0.25, 0.3) is 0 Å². The summed E-state index contributed by atoms with van der Waals surface area (Å²) in [6.45, 7) is 7.10. The molecule has 0 spiro atoms. The highest BCUT2D eigenvalue weighted by Crippen LogP contribution is 2.32. The van der Waals surface area contributed by atoms with Crippen LogP contribution < -0.4 is 47.1 Å². The van der Waals surface area contributed by atoms with Crippen molar-refractivity contribution >= 4 is 71.1 Å². The SMILES string of the molecule is CC[C@H](C)[C@H](NC(=O)CCCCCN)C(=O)Oc1ccc(C(CNC(=O)CCSC2CC(=O)N(CCC(=O)NCCCOCCOCCOCCCNC(=O)CCN3C(=O)C=CC3=O)C2=O)OC(=O)NCNC)cc1OC. The number of hydrogen-bond acceptors (Lipinski definition) is 19. The number of esters is 1. The predicted molar refractivity (Wildman–Crippen MR) is 282 cm³/mol. The topological polar surface area (TPSA) is 331 Å². The number of carbonyl (C=O) groups is 10. The summed E-state index contributed by atoms with van der Waals surface area (Å²) in [5.41, 5.74) is 5.95. The summed E-state index contributed by atoms with van der Waals surface area (Å²) in [6.07, 6.45) is 4.60. The van der Waals surface area contributed by atoms with Gasteiger partial charge in [-0.25, -0.2) is 9.59 Å². The summed E-state index contributed by atoms with van der Waals surface area (Å²) < 4.78 is 33.4. The van der Waals surface area contributed by atoms with Gasteiger partial charge in [0.1, 0.15) is 12.1 Å². The molecule has 3 rings (SSSR count). The second kappa shape index (κ2) is 37.6. The fraction of sp³-hybridized carbons (Fsp3) is 0.647. The highest BCUT2D eigenvalue weighted by molar-refractivity contribution is 8.00. The Morgan fingerprint density at radius 2 is 1.34 bits per heavy atom. The van der Waals surface area contributed by atoms with Gasteiger partial charge in [0.15, 0.2) is 11.5 Å². The maximum Gasteiger partial charge on any atom is 0.408 e. The molecule has 430 valence electrons.